The molecule has 11 nitrogen and oxygen atoms in total. The average molecular weight is 691 g/mol. The van der Waals surface area contributed by atoms with E-state index >= 15 is 0 Å². The standard InChI is InChI=1S/C38H62N2O9/c1-24(11-14-33(43)39-19-20-40(6)7)28-12-13-29-34-30(22-32(36(28,29)5)45-26(3)42)35(4)17-18-38(23-27(35)21-31(34)44-25(2)41)48-46-37(47-49-38)15-9-8-10-16-37/h24,27-32,34H,8-23H2,1-7H3,(H,39,43)/t24?,27-,28?,29?,30?,31-,32+,34?,35+,36-/m1/s1. The zero-order valence-electron chi connectivity index (χ0n) is 31.1. The van der Waals surface area contributed by atoms with Gasteiger partial charge in [-0.1, -0.05) is 27.2 Å². The molecule has 11 heteroatoms. The van der Waals surface area contributed by atoms with Gasteiger partial charge in [-0.3, -0.25) is 14.4 Å². The van der Waals surface area contributed by atoms with E-state index in [1.807, 2.05) is 14.1 Å². The third-order valence-corrected chi connectivity index (χ3v) is 14.1. The summed E-state index contributed by atoms with van der Waals surface area (Å²) in [4.78, 5) is 64.6. The number of rotatable bonds is 9. The molecule has 0 bridgehead atoms. The van der Waals surface area contributed by atoms with E-state index < -0.39 is 11.6 Å². The number of ether oxygens (including phenoxy) is 2. The molecule has 1 aliphatic heterocycles. The van der Waals surface area contributed by atoms with E-state index in [2.05, 4.69) is 31.0 Å². The molecule has 10 atom stereocenters. The van der Waals surface area contributed by atoms with Crippen LogP contribution in [0.5, 0.6) is 0 Å². The van der Waals surface area contributed by atoms with Gasteiger partial charge in [0.15, 0.2) is 0 Å². The summed E-state index contributed by atoms with van der Waals surface area (Å²) in [7, 11) is 4.00. The second kappa shape index (κ2) is 14.3. The molecule has 0 aromatic heterocycles. The molecule has 5 unspecified atom stereocenters. The second-order valence-corrected chi connectivity index (χ2v) is 17.3. The maximum absolute atomic E-state index is 12.7. The van der Waals surface area contributed by atoms with E-state index in [1.54, 1.807) is 0 Å². The van der Waals surface area contributed by atoms with Crippen molar-refractivity contribution in [3.05, 3.63) is 0 Å². The fourth-order valence-electron chi connectivity index (χ4n) is 11.6. The van der Waals surface area contributed by atoms with Gasteiger partial charge in [-0.05, 0) is 100 Å². The van der Waals surface area contributed by atoms with Gasteiger partial charge in [0.05, 0.1) is 0 Å². The number of hydrogen-bond donors (Lipinski definition) is 1. The third kappa shape index (κ3) is 7.17. The zero-order chi connectivity index (χ0) is 35.2. The number of amides is 1. The third-order valence-electron chi connectivity index (χ3n) is 14.1. The Hall–Kier alpha value is -1.79. The molecular formula is C38H62N2O9. The molecule has 1 saturated heterocycles. The van der Waals surface area contributed by atoms with Crippen molar-refractivity contribution in [3.63, 3.8) is 0 Å². The summed E-state index contributed by atoms with van der Waals surface area (Å²) in [6.07, 6.45) is 10.9. The van der Waals surface area contributed by atoms with Crippen molar-refractivity contribution in [2.75, 3.05) is 27.2 Å². The molecule has 1 amide bonds. The van der Waals surface area contributed by atoms with E-state index in [4.69, 9.17) is 29.0 Å². The van der Waals surface area contributed by atoms with Crippen molar-refractivity contribution in [1.82, 2.24) is 10.2 Å². The summed E-state index contributed by atoms with van der Waals surface area (Å²) in [5, 5.41) is 3.06. The van der Waals surface area contributed by atoms with Crippen LogP contribution in [0, 0.1) is 46.3 Å². The first-order valence-electron chi connectivity index (χ1n) is 19.2. The van der Waals surface area contributed by atoms with Gasteiger partial charge < -0.3 is 19.7 Å². The minimum Gasteiger partial charge on any atom is -0.462 e. The van der Waals surface area contributed by atoms with Crippen LogP contribution in [0.3, 0.4) is 0 Å². The van der Waals surface area contributed by atoms with Crippen LogP contribution in [-0.4, -0.2) is 73.7 Å². The van der Waals surface area contributed by atoms with E-state index in [9.17, 15) is 14.4 Å². The van der Waals surface area contributed by atoms with Gasteiger partial charge >= 0.3 is 11.9 Å². The SMILES string of the molecule is CC(=O)O[C@H]1CC2C(C3CCC(C(C)CCC(=O)NCCN(C)C)[C@]31C)[C@H](OC(C)=O)C[C@@H]1CC3(CC[C@]21C)OOC1(CCCCC1)OO3. The Morgan fingerprint density at radius 2 is 1.53 bits per heavy atom. The lowest BCUT2D eigenvalue weighted by Crippen LogP contribution is -2.65. The van der Waals surface area contributed by atoms with Crippen LogP contribution in [0.25, 0.3) is 0 Å². The van der Waals surface area contributed by atoms with Crippen LogP contribution < -0.4 is 5.32 Å². The molecule has 1 N–H and O–H groups in total. The molecule has 2 spiro atoms. The topological polar surface area (TPSA) is 122 Å². The summed E-state index contributed by atoms with van der Waals surface area (Å²) < 4.78 is 12.6. The van der Waals surface area contributed by atoms with Gasteiger partial charge in [-0.15, -0.1) is 0 Å². The molecule has 1 heterocycles. The largest absolute Gasteiger partial charge is 0.462 e. The van der Waals surface area contributed by atoms with Gasteiger partial charge in [0, 0.05) is 70.4 Å². The van der Waals surface area contributed by atoms with Crippen LogP contribution >= 0.6 is 0 Å². The lowest BCUT2D eigenvalue weighted by molar-refractivity contribution is -0.665. The Morgan fingerprint density at radius 3 is 2.18 bits per heavy atom. The molecule has 0 aromatic carbocycles. The summed E-state index contributed by atoms with van der Waals surface area (Å²) in [5.74, 6) is -1.03. The van der Waals surface area contributed by atoms with Gasteiger partial charge in [0.2, 0.25) is 17.5 Å². The van der Waals surface area contributed by atoms with Gasteiger partial charge in [0.1, 0.15) is 12.2 Å². The molecule has 6 aliphatic rings. The summed E-state index contributed by atoms with van der Waals surface area (Å²) in [6, 6.07) is 0. The molecule has 0 radical (unpaired) electrons. The minimum absolute atomic E-state index is 0.0838. The lowest BCUT2D eigenvalue weighted by Gasteiger charge is -2.65. The van der Waals surface area contributed by atoms with Crippen molar-refractivity contribution in [2.24, 2.45) is 46.3 Å². The molecule has 6 rings (SSSR count). The molecule has 5 saturated carbocycles. The van der Waals surface area contributed by atoms with Crippen molar-refractivity contribution in [2.45, 2.75) is 148 Å². The molecule has 278 valence electrons. The maximum Gasteiger partial charge on any atom is 0.302 e. The Bertz CT molecular complexity index is 1210. The number of carbonyl (C=O) groups is 3. The molecular weight excluding hydrogens is 628 g/mol. The highest BCUT2D eigenvalue weighted by Gasteiger charge is 2.69. The van der Waals surface area contributed by atoms with Crippen molar-refractivity contribution >= 4 is 17.8 Å². The van der Waals surface area contributed by atoms with Crippen LogP contribution in [0.2, 0.25) is 0 Å². The van der Waals surface area contributed by atoms with Crippen LogP contribution in [0.4, 0.5) is 0 Å². The van der Waals surface area contributed by atoms with Crippen molar-refractivity contribution in [3.8, 4) is 0 Å². The highest BCUT2D eigenvalue weighted by molar-refractivity contribution is 5.75. The molecule has 0 aromatic rings. The first kappa shape index (κ1) is 37.0. The average Bonchev–Trinajstić information content (AvgIpc) is 3.40. The first-order chi connectivity index (χ1) is 23.2. The number of hydrogen-bond acceptors (Lipinski definition) is 10. The van der Waals surface area contributed by atoms with Gasteiger partial charge in [0.25, 0.3) is 0 Å². The van der Waals surface area contributed by atoms with Crippen LogP contribution in [0.15, 0.2) is 0 Å². The lowest BCUT2D eigenvalue weighted by atomic mass is 9.42. The Morgan fingerprint density at radius 1 is 0.857 bits per heavy atom. The number of carbonyl (C=O) groups excluding carboxylic acids is 3. The first-order valence-corrected chi connectivity index (χ1v) is 19.2. The number of likely N-dealkylation sites (N-methyl/N-ethyl adjacent to an activating group) is 1. The van der Waals surface area contributed by atoms with Crippen LogP contribution in [0.1, 0.15) is 125 Å². The highest BCUT2D eigenvalue weighted by atomic mass is 17.4. The minimum atomic E-state index is -0.994. The van der Waals surface area contributed by atoms with Crippen LogP contribution in [-0.2, 0) is 43.4 Å². The van der Waals surface area contributed by atoms with Gasteiger partial charge in [-0.25, -0.2) is 0 Å². The summed E-state index contributed by atoms with van der Waals surface area (Å²) in [6.45, 7) is 11.4. The Labute approximate surface area is 293 Å². The predicted molar refractivity (Wildman–Crippen MR) is 180 cm³/mol. The Balaban J connectivity index is 1.22. The predicted octanol–water partition coefficient (Wildman–Crippen LogP) is 6.09. The number of nitrogens with one attached hydrogen (secondary N) is 1. The van der Waals surface area contributed by atoms with Crippen molar-refractivity contribution in [1.29, 1.82) is 0 Å². The molecule has 5 aliphatic carbocycles. The number of fused-ring (bicyclic) bond motifs is 5. The maximum atomic E-state index is 12.7. The van der Waals surface area contributed by atoms with Crippen molar-refractivity contribution < 1.29 is 43.4 Å². The van der Waals surface area contributed by atoms with E-state index in [-0.39, 0.29) is 76.4 Å². The molecule has 49 heavy (non-hydrogen) atoms. The smallest absolute Gasteiger partial charge is 0.302 e. The fourth-order valence-corrected chi connectivity index (χ4v) is 11.6. The van der Waals surface area contributed by atoms with Gasteiger partial charge in [-0.2, -0.15) is 19.6 Å². The van der Waals surface area contributed by atoms with E-state index in [0.717, 1.165) is 77.2 Å². The summed E-state index contributed by atoms with van der Waals surface area (Å²) in [5.41, 5.74) is -0.399. The zero-order valence-corrected chi connectivity index (χ0v) is 31.1. The number of esters is 2. The quantitative estimate of drug-likeness (QED) is 0.225. The molecule has 6 fully saturated rings. The number of nitrogens with zero attached hydrogens (tertiary/aromatic N) is 1. The monoisotopic (exact) mass is 690 g/mol. The normalized spacial score (nSPS) is 39.8. The summed E-state index contributed by atoms with van der Waals surface area (Å²) >= 11 is 0. The highest BCUT2D eigenvalue weighted by Crippen LogP contribution is 2.70. The fraction of sp³-hybridized carbons (Fsp3) is 0.921. The Kier molecular flexibility index (Phi) is 10.8. The van der Waals surface area contributed by atoms with E-state index in [0.29, 0.717) is 25.8 Å². The van der Waals surface area contributed by atoms with E-state index in [1.165, 1.54) is 13.8 Å². The second-order valence-electron chi connectivity index (χ2n) is 17.3.